The van der Waals surface area contributed by atoms with Crippen LogP contribution in [0.25, 0.3) is 0 Å². The van der Waals surface area contributed by atoms with Gasteiger partial charge in [-0.25, -0.2) is 13.6 Å². The molecule has 0 aromatic carbocycles. The number of nitrogens with two attached hydrogens (primary N) is 1. The predicted molar refractivity (Wildman–Crippen MR) is 79.8 cm³/mol. The van der Waals surface area contributed by atoms with E-state index in [2.05, 4.69) is 10.4 Å². The molecule has 1 amide bonds. The van der Waals surface area contributed by atoms with Crippen LogP contribution in [0.1, 0.15) is 39.1 Å². The summed E-state index contributed by atoms with van der Waals surface area (Å²) in [5.74, 6) is 0.00172. The maximum Gasteiger partial charge on any atom is 0.241 e. The van der Waals surface area contributed by atoms with Gasteiger partial charge < -0.3 is 5.32 Å². The second kappa shape index (κ2) is 5.76. The minimum Gasteiger partial charge on any atom is -0.350 e. The molecule has 0 spiro atoms. The van der Waals surface area contributed by atoms with Crippen LogP contribution in [-0.4, -0.2) is 24.1 Å². The number of amides is 1. The van der Waals surface area contributed by atoms with E-state index < -0.39 is 15.4 Å². The topological polar surface area (TPSA) is 107 Å². The summed E-state index contributed by atoms with van der Waals surface area (Å²) in [6, 6.07) is 0. The van der Waals surface area contributed by atoms with Crippen molar-refractivity contribution in [1.29, 1.82) is 0 Å². The zero-order valence-electron chi connectivity index (χ0n) is 13.4. The van der Waals surface area contributed by atoms with Crippen molar-refractivity contribution in [3.8, 4) is 0 Å². The van der Waals surface area contributed by atoms with Gasteiger partial charge in [-0.15, -0.1) is 0 Å². The quantitative estimate of drug-likeness (QED) is 0.832. The summed E-state index contributed by atoms with van der Waals surface area (Å²) in [5.41, 5.74) is 0.154. The zero-order valence-corrected chi connectivity index (χ0v) is 14.2. The molecule has 8 heteroatoms. The Bertz CT molecular complexity index is 645. The van der Waals surface area contributed by atoms with E-state index in [0.29, 0.717) is 5.69 Å². The fraction of sp³-hybridized carbons (Fsp3) is 0.692. The number of aryl methyl sites for hydroxylation is 1. The van der Waals surface area contributed by atoms with Crippen LogP contribution in [0.15, 0.2) is 4.90 Å². The molecule has 1 aromatic heterocycles. The number of aromatic nitrogens is 2. The first-order valence-electron chi connectivity index (χ1n) is 6.72. The van der Waals surface area contributed by atoms with E-state index in [0.717, 1.165) is 0 Å². The normalized spacial score (nSPS) is 12.8. The fourth-order valence-corrected chi connectivity index (χ4v) is 2.78. The second-order valence-corrected chi connectivity index (χ2v) is 7.59. The molecular weight excluding hydrogens is 292 g/mol. The summed E-state index contributed by atoms with van der Waals surface area (Å²) >= 11 is 0. The average Bonchev–Trinajstić information content (AvgIpc) is 2.61. The average molecular weight is 316 g/mol. The molecule has 0 fully saturated rings. The molecule has 120 valence electrons. The molecular formula is C13H24N4O3S. The van der Waals surface area contributed by atoms with E-state index >= 15 is 0 Å². The van der Waals surface area contributed by atoms with Gasteiger partial charge in [-0.3, -0.25) is 9.48 Å². The number of primary sulfonamides is 1. The highest BCUT2D eigenvalue weighted by molar-refractivity contribution is 7.89. The van der Waals surface area contributed by atoms with Gasteiger partial charge in [0.2, 0.25) is 15.9 Å². The zero-order chi connectivity index (χ0) is 16.6. The molecule has 0 atom stereocenters. The molecule has 0 unspecified atom stereocenters. The Kier molecular flexibility index (Phi) is 4.84. The Morgan fingerprint density at radius 2 is 1.95 bits per heavy atom. The van der Waals surface area contributed by atoms with Crippen LogP contribution in [0, 0.1) is 18.3 Å². The van der Waals surface area contributed by atoms with Crippen LogP contribution in [-0.2, 0) is 28.4 Å². The van der Waals surface area contributed by atoms with Gasteiger partial charge >= 0.3 is 0 Å². The van der Waals surface area contributed by atoms with Gasteiger partial charge in [-0.1, -0.05) is 27.7 Å². The molecule has 0 saturated heterocycles. The Labute approximate surface area is 126 Å². The van der Waals surface area contributed by atoms with Crippen LogP contribution in [0.4, 0.5) is 0 Å². The third kappa shape index (κ3) is 3.62. The maximum absolute atomic E-state index is 12.2. The fourth-order valence-electron chi connectivity index (χ4n) is 1.80. The Morgan fingerprint density at radius 1 is 1.43 bits per heavy atom. The Morgan fingerprint density at radius 3 is 2.38 bits per heavy atom. The van der Waals surface area contributed by atoms with E-state index in [1.165, 1.54) is 4.68 Å². The smallest absolute Gasteiger partial charge is 0.241 e. The summed E-state index contributed by atoms with van der Waals surface area (Å²) in [4.78, 5) is 12.2. The van der Waals surface area contributed by atoms with E-state index in [-0.39, 0.29) is 29.0 Å². The van der Waals surface area contributed by atoms with Crippen molar-refractivity contribution >= 4 is 15.9 Å². The van der Waals surface area contributed by atoms with Crippen molar-refractivity contribution in [2.24, 2.45) is 23.5 Å². The van der Waals surface area contributed by atoms with Crippen LogP contribution in [0.3, 0.4) is 0 Å². The molecule has 0 saturated carbocycles. The first-order valence-corrected chi connectivity index (χ1v) is 8.27. The minimum absolute atomic E-state index is 0.0207. The van der Waals surface area contributed by atoms with Gasteiger partial charge in [0.05, 0.1) is 12.2 Å². The predicted octanol–water partition coefficient (Wildman–Crippen LogP) is 0.674. The van der Waals surface area contributed by atoms with Crippen molar-refractivity contribution in [3.05, 3.63) is 11.4 Å². The highest BCUT2D eigenvalue weighted by Crippen LogP contribution is 2.26. The molecule has 0 aliphatic heterocycles. The molecule has 1 aromatic rings. The minimum atomic E-state index is -3.88. The molecule has 1 heterocycles. The summed E-state index contributed by atoms with van der Waals surface area (Å²) in [6.45, 7) is 9.26. The monoisotopic (exact) mass is 316 g/mol. The number of nitrogens with one attached hydrogen (secondary N) is 1. The molecule has 7 nitrogen and oxygen atoms in total. The number of nitrogens with zero attached hydrogens (tertiary/aromatic N) is 2. The van der Waals surface area contributed by atoms with Crippen molar-refractivity contribution in [2.45, 2.75) is 46.1 Å². The maximum atomic E-state index is 12.2. The van der Waals surface area contributed by atoms with Gasteiger partial charge in [-0.05, 0) is 12.8 Å². The highest BCUT2D eigenvalue weighted by Gasteiger charge is 2.31. The largest absolute Gasteiger partial charge is 0.350 e. The lowest BCUT2D eigenvalue weighted by Gasteiger charge is -2.27. The van der Waals surface area contributed by atoms with Gasteiger partial charge in [-0.2, -0.15) is 5.10 Å². The van der Waals surface area contributed by atoms with Crippen LogP contribution >= 0.6 is 0 Å². The Hall–Kier alpha value is -1.41. The molecule has 0 radical (unpaired) electrons. The summed E-state index contributed by atoms with van der Waals surface area (Å²) in [5, 5.41) is 12.1. The lowest BCUT2D eigenvalue weighted by molar-refractivity contribution is -0.131. The second-order valence-electron chi connectivity index (χ2n) is 6.09. The van der Waals surface area contributed by atoms with Gasteiger partial charge in [0.15, 0.2) is 0 Å². The van der Waals surface area contributed by atoms with Crippen molar-refractivity contribution < 1.29 is 13.2 Å². The number of carbonyl (C=O) groups excluding carboxylic acids is 1. The summed E-state index contributed by atoms with van der Waals surface area (Å²) < 4.78 is 24.7. The van der Waals surface area contributed by atoms with Gasteiger partial charge in [0.1, 0.15) is 10.6 Å². The number of sulfonamides is 1. The van der Waals surface area contributed by atoms with Crippen LogP contribution in [0.2, 0.25) is 0 Å². The Balaban J connectivity index is 3.02. The standard InChI is InChI=1S/C13H24N4O3S/c1-8(2)13(4,5)12(18)15-7-10-11(21(14,19)20)9(3)17(6)16-10/h8H,7H2,1-6H3,(H,15,18)(H2,14,19,20). The van der Waals surface area contributed by atoms with Crippen LogP contribution < -0.4 is 10.5 Å². The number of rotatable bonds is 5. The number of carbonyl (C=O) groups is 1. The number of hydrogen-bond acceptors (Lipinski definition) is 4. The molecule has 0 bridgehead atoms. The lowest BCUT2D eigenvalue weighted by atomic mass is 9.80. The molecule has 0 aliphatic rings. The van der Waals surface area contributed by atoms with Gasteiger partial charge in [0.25, 0.3) is 0 Å². The first kappa shape index (κ1) is 17.6. The molecule has 3 N–H and O–H groups in total. The van der Waals surface area contributed by atoms with Crippen molar-refractivity contribution in [3.63, 3.8) is 0 Å². The summed E-state index contributed by atoms with van der Waals surface area (Å²) in [7, 11) is -2.25. The van der Waals surface area contributed by atoms with Crippen molar-refractivity contribution in [1.82, 2.24) is 15.1 Å². The lowest BCUT2D eigenvalue weighted by Crippen LogP contribution is -2.40. The molecule has 1 rings (SSSR count). The van der Waals surface area contributed by atoms with Crippen LogP contribution in [0.5, 0.6) is 0 Å². The third-order valence-corrected chi connectivity index (χ3v) is 5.18. The van der Waals surface area contributed by atoms with E-state index in [1.54, 1.807) is 14.0 Å². The first-order chi connectivity index (χ1) is 9.39. The molecule has 21 heavy (non-hydrogen) atoms. The van der Waals surface area contributed by atoms with E-state index in [4.69, 9.17) is 5.14 Å². The van der Waals surface area contributed by atoms with E-state index in [9.17, 15) is 13.2 Å². The SMILES string of the molecule is Cc1c(S(N)(=O)=O)c(CNC(=O)C(C)(C)C(C)C)nn1C. The van der Waals surface area contributed by atoms with Gasteiger partial charge in [0, 0.05) is 12.5 Å². The summed E-state index contributed by atoms with van der Waals surface area (Å²) in [6.07, 6.45) is 0. The molecule has 0 aliphatic carbocycles. The third-order valence-electron chi connectivity index (χ3n) is 4.08. The number of hydrogen-bond donors (Lipinski definition) is 2. The highest BCUT2D eigenvalue weighted by atomic mass is 32.2. The van der Waals surface area contributed by atoms with Crippen molar-refractivity contribution in [2.75, 3.05) is 0 Å². The van der Waals surface area contributed by atoms with E-state index in [1.807, 2.05) is 27.7 Å².